The number of methoxy groups -OCH3 is 2. The van der Waals surface area contributed by atoms with Gasteiger partial charge in [-0.3, -0.25) is 9.59 Å². The van der Waals surface area contributed by atoms with Crippen LogP contribution < -0.4 is 4.74 Å². The number of fused-ring (bicyclic) bond motifs is 1. The summed E-state index contributed by atoms with van der Waals surface area (Å²) in [5, 5.41) is 0. The molecular weight excluding hydrogens is 258 g/mol. The number of esters is 1. The maximum atomic E-state index is 12.2. The molecule has 1 aliphatic heterocycles. The fourth-order valence-corrected chi connectivity index (χ4v) is 2.35. The average molecular weight is 277 g/mol. The normalized spacial score (nSPS) is 14.7. The number of ether oxygens (including phenoxy) is 2. The van der Waals surface area contributed by atoms with E-state index in [2.05, 4.69) is 4.74 Å². The van der Waals surface area contributed by atoms with Crippen molar-refractivity contribution >= 4 is 11.9 Å². The summed E-state index contributed by atoms with van der Waals surface area (Å²) in [6, 6.07) is 5.82. The summed E-state index contributed by atoms with van der Waals surface area (Å²) in [5.74, 6) is 0.00141. The minimum atomic E-state index is -0.411. The molecule has 1 heterocycles. The van der Waals surface area contributed by atoms with E-state index in [4.69, 9.17) is 4.74 Å². The zero-order chi connectivity index (χ0) is 14.7. The molecule has 1 aromatic rings. The predicted molar refractivity (Wildman–Crippen MR) is 73.0 cm³/mol. The highest BCUT2D eigenvalue weighted by Crippen LogP contribution is 2.27. The van der Waals surface area contributed by atoms with Crippen molar-refractivity contribution in [1.82, 2.24) is 4.90 Å². The SMILES string of the molecule is COC(=O)[C@@H](C)CC(=O)N1Cc2ccc(OC)cc2C1. The van der Waals surface area contributed by atoms with Gasteiger partial charge in [-0.15, -0.1) is 0 Å². The fraction of sp³-hybridized carbons (Fsp3) is 0.467. The van der Waals surface area contributed by atoms with Gasteiger partial charge >= 0.3 is 5.97 Å². The number of benzene rings is 1. The molecule has 1 aliphatic rings. The number of nitrogens with zero attached hydrogens (tertiary/aromatic N) is 1. The molecule has 2 rings (SSSR count). The minimum Gasteiger partial charge on any atom is -0.497 e. The second-order valence-electron chi connectivity index (χ2n) is 5.01. The highest BCUT2D eigenvalue weighted by Gasteiger charge is 2.26. The molecule has 0 unspecified atom stereocenters. The monoisotopic (exact) mass is 277 g/mol. The Kier molecular flexibility index (Phi) is 4.27. The van der Waals surface area contributed by atoms with Gasteiger partial charge in [0, 0.05) is 19.5 Å². The van der Waals surface area contributed by atoms with E-state index in [0.717, 1.165) is 16.9 Å². The molecule has 0 bridgehead atoms. The highest BCUT2D eigenvalue weighted by atomic mass is 16.5. The van der Waals surface area contributed by atoms with E-state index < -0.39 is 5.92 Å². The van der Waals surface area contributed by atoms with Crippen molar-refractivity contribution in [3.05, 3.63) is 29.3 Å². The predicted octanol–water partition coefficient (Wildman–Crippen LogP) is 1.74. The minimum absolute atomic E-state index is 0.0296. The van der Waals surface area contributed by atoms with Gasteiger partial charge in [0.1, 0.15) is 5.75 Å². The summed E-state index contributed by atoms with van der Waals surface area (Å²) in [7, 11) is 2.96. The smallest absolute Gasteiger partial charge is 0.308 e. The molecule has 1 aromatic carbocycles. The van der Waals surface area contributed by atoms with E-state index in [1.807, 2.05) is 18.2 Å². The summed E-state index contributed by atoms with van der Waals surface area (Å²) >= 11 is 0. The van der Waals surface area contributed by atoms with Gasteiger partial charge < -0.3 is 14.4 Å². The summed E-state index contributed by atoms with van der Waals surface area (Å²) in [6.07, 6.45) is 0.178. The Hall–Kier alpha value is -2.04. The molecule has 0 saturated carbocycles. The Morgan fingerprint density at radius 2 is 1.95 bits per heavy atom. The van der Waals surface area contributed by atoms with E-state index in [1.54, 1.807) is 18.9 Å². The van der Waals surface area contributed by atoms with Gasteiger partial charge in [0.05, 0.1) is 20.1 Å². The lowest BCUT2D eigenvalue weighted by molar-refractivity contribution is -0.148. The lowest BCUT2D eigenvalue weighted by Crippen LogP contribution is -2.29. The zero-order valence-electron chi connectivity index (χ0n) is 12.0. The van der Waals surface area contributed by atoms with Crippen molar-refractivity contribution in [3.8, 4) is 5.75 Å². The van der Waals surface area contributed by atoms with E-state index in [0.29, 0.717) is 13.1 Å². The molecule has 0 N–H and O–H groups in total. The van der Waals surface area contributed by atoms with Crippen LogP contribution in [0.1, 0.15) is 24.5 Å². The summed E-state index contributed by atoms with van der Waals surface area (Å²) in [4.78, 5) is 25.3. The quantitative estimate of drug-likeness (QED) is 0.787. The number of hydrogen-bond acceptors (Lipinski definition) is 4. The molecule has 0 aliphatic carbocycles. The van der Waals surface area contributed by atoms with E-state index in [1.165, 1.54) is 7.11 Å². The van der Waals surface area contributed by atoms with Crippen molar-refractivity contribution in [2.24, 2.45) is 5.92 Å². The summed E-state index contributed by atoms with van der Waals surface area (Å²) in [6.45, 7) is 2.86. The Labute approximate surface area is 118 Å². The van der Waals surface area contributed by atoms with E-state index in [-0.39, 0.29) is 18.3 Å². The second kappa shape index (κ2) is 5.94. The maximum Gasteiger partial charge on any atom is 0.308 e. The first-order chi connectivity index (χ1) is 9.55. The van der Waals surface area contributed by atoms with Gasteiger partial charge in [-0.25, -0.2) is 0 Å². The fourth-order valence-electron chi connectivity index (χ4n) is 2.35. The largest absolute Gasteiger partial charge is 0.497 e. The second-order valence-corrected chi connectivity index (χ2v) is 5.01. The van der Waals surface area contributed by atoms with Crippen LogP contribution in [0.25, 0.3) is 0 Å². The van der Waals surface area contributed by atoms with Crippen molar-refractivity contribution in [1.29, 1.82) is 0 Å². The van der Waals surface area contributed by atoms with Crippen LogP contribution in [0.2, 0.25) is 0 Å². The average Bonchev–Trinajstić information content (AvgIpc) is 2.88. The number of carbonyl (C=O) groups is 2. The molecule has 1 atom stereocenters. The topological polar surface area (TPSA) is 55.8 Å². The van der Waals surface area contributed by atoms with E-state index >= 15 is 0 Å². The molecular formula is C15H19NO4. The van der Waals surface area contributed by atoms with E-state index in [9.17, 15) is 9.59 Å². The van der Waals surface area contributed by atoms with Gasteiger partial charge in [0.2, 0.25) is 5.91 Å². The van der Waals surface area contributed by atoms with Gasteiger partial charge in [-0.1, -0.05) is 13.0 Å². The van der Waals surface area contributed by atoms with Crippen molar-refractivity contribution in [2.75, 3.05) is 14.2 Å². The molecule has 0 fully saturated rings. The third kappa shape index (κ3) is 2.92. The molecule has 0 radical (unpaired) electrons. The number of rotatable bonds is 4. The number of amides is 1. The van der Waals surface area contributed by atoms with Crippen LogP contribution in [-0.2, 0) is 27.4 Å². The first-order valence-corrected chi connectivity index (χ1v) is 6.56. The van der Waals surface area contributed by atoms with Crippen LogP contribution >= 0.6 is 0 Å². The van der Waals surface area contributed by atoms with Crippen LogP contribution in [0.5, 0.6) is 5.75 Å². The van der Waals surface area contributed by atoms with Crippen LogP contribution in [-0.4, -0.2) is 31.0 Å². The van der Waals surface area contributed by atoms with Gasteiger partial charge in [-0.05, 0) is 23.3 Å². The Bertz CT molecular complexity index is 527. The Morgan fingerprint density at radius 1 is 1.25 bits per heavy atom. The third-order valence-corrected chi connectivity index (χ3v) is 3.57. The summed E-state index contributed by atoms with van der Waals surface area (Å²) in [5.41, 5.74) is 2.23. The van der Waals surface area contributed by atoms with Gasteiger partial charge in [0.15, 0.2) is 0 Å². The van der Waals surface area contributed by atoms with Crippen LogP contribution in [0.3, 0.4) is 0 Å². The summed E-state index contributed by atoms with van der Waals surface area (Å²) < 4.78 is 9.82. The van der Waals surface area contributed by atoms with Crippen molar-refractivity contribution in [3.63, 3.8) is 0 Å². The highest BCUT2D eigenvalue weighted by molar-refractivity contribution is 5.83. The maximum absolute atomic E-state index is 12.2. The molecule has 20 heavy (non-hydrogen) atoms. The van der Waals surface area contributed by atoms with Crippen molar-refractivity contribution in [2.45, 2.75) is 26.4 Å². The Morgan fingerprint density at radius 3 is 2.60 bits per heavy atom. The molecule has 5 heteroatoms. The first kappa shape index (κ1) is 14.4. The van der Waals surface area contributed by atoms with Crippen LogP contribution in [0, 0.1) is 5.92 Å². The lowest BCUT2D eigenvalue weighted by atomic mass is 10.1. The number of hydrogen-bond donors (Lipinski definition) is 0. The standard InChI is InChI=1S/C15H19NO4/c1-10(15(18)20-3)6-14(17)16-8-11-4-5-13(19-2)7-12(11)9-16/h4-5,7,10H,6,8-9H2,1-3H3/t10-/m0/s1. The van der Waals surface area contributed by atoms with Crippen LogP contribution in [0.15, 0.2) is 18.2 Å². The Balaban J connectivity index is 2.00. The molecule has 108 valence electrons. The molecule has 0 saturated heterocycles. The molecule has 5 nitrogen and oxygen atoms in total. The van der Waals surface area contributed by atoms with Gasteiger partial charge in [0.25, 0.3) is 0 Å². The van der Waals surface area contributed by atoms with Gasteiger partial charge in [-0.2, -0.15) is 0 Å². The molecule has 0 aromatic heterocycles. The van der Waals surface area contributed by atoms with Crippen LogP contribution in [0.4, 0.5) is 0 Å². The molecule has 1 amide bonds. The number of carbonyl (C=O) groups excluding carboxylic acids is 2. The zero-order valence-corrected chi connectivity index (χ0v) is 12.0. The third-order valence-electron chi connectivity index (χ3n) is 3.57. The first-order valence-electron chi connectivity index (χ1n) is 6.56. The lowest BCUT2D eigenvalue weighted by Gasteiger charge is -2.17. The molecule has 0 spiro atoms. The van der Waals surface area contributed by atoms with Crippen molar-refractivity contribution < 1.29 is 19.1 Å².